The molecule has 0 spiro atoms. The van der Waals surface area contributed by atoms with Gasteiger partial charge in [-0.15, -0.1) is 0 Å². The molecule has 4 heteroatoms. The standard InChI is InChI=1S/C17H22N4/c1-12-4-3-5-13(10-12)8-9-19-16-11-15(18-2)20-17(21-16)14-6-7-14/h3-5,10-11,14H,6-9H2,1-2H3,(H2,18,19,20,21). The van der Waals surface area contributed by atoms with Crippen molar-refractivity contribution in [3.63, 3.8) is 0 Å². The molecule has 1 saturated carbocycles. The van der Waals surface area contributed by atoms with Crippen molar-refractivity contribution >= 4 is 11.6 Å². The fraction of sp³-hybridized carbons (Fsp3) is 0.412. The van der Waals surface area contributed by atoms with Crippen LogP contribution < -0.4 is 10.6 Å². The van der Waals surface area contributed by atoms with Gasteiger partial charge in [0.2, 0.25) is 0 Å². The molecule has 1 aliphatic carbocycles. The lowest BCUT2D eigenvalue weighted by Crippen LogP contribution is -2.09. The Kier molecular flexibility index (Phi) is 4.04. The first kappa shape index (κ1) is 13.9. The summed E-state index contributed by atoms with van der Waals surface area (Å²) in [6, 6.07) is 10.6. The number of hydrogen-bond acceptors (Lipinski definition) is 4. The van der Waals surface area contributed by atoms with E-state index in [1.54, 1.807) is 0 Å². The van der Waals surface area contributed by atoms with Crippen molar-refractivity contribution in [1.82, 2.24) is 9.97 Å². The minimum atomic E-state index is 0.565. The van der Waals surface area contributed by atoms with Gasteiger partial charge >= 0.3 is 0 Å². The van der Waals surface area contributed by atoms with Crippen LogP contribution in [0.15, 0.2) is 30.3 Å². The van der Waals surface area contributed by atoms with Crippen LogP contribution in [0.2, 0.25) is 0 Å². The topological polar surface area (TPSA) is 49.8 Å². The van der Waals surface area contributed by atoms with Gasteiger partial charge in [-0.1, -0.05) is 29.8 Å². The predicted octanol–water partition coefficient (Wildman–Crippen LogP) is 3.36. The van der Waals surface area contributed by atoms with E-state index in [1.807, 2.05) is 13.1 Å². The van der Waals surface area contributed by atoms with Crippen LogP contribution in [0.1, 0.15) is 35.7 Å². The van der Waals surface area contributed by atoms with E-state index >= 15 is 0 Å². The Morgan fingerprint density at radius 3 is 2.67 bits per heavy atom. The quantitative estimate of drug-likeness (QED) is 0.853. The molecule has 0 radical (unpaired) electrons. The minimum Gasteiger partial charge on any atom is -0.373 e. The van der Waals surface area contributed by atoms with E-state index in [9.17, 15) is 0 Å². The molecule has 3 rings (SSSR count). The summed E-state index contributed by atoms with van der Waals surface area (Å²) in [6.45, 7) is 3.01. The van der Waals surface area contributed by atoms with Crippen LogP contribution in [0.5, 0.6) is 0 Å². The first-order valence-electron chi connectivity index (χ1n) is 7.61. The Bertz CT molecular complexity index is 620. The molecule has 0 bridgehead atoms. The highest BCUT2D eigenvalue weighted by molar-refractivity contribution is 5.48. The summed E-state index contributed by atoms with van der Waals surface area (Å²) < 4.78 is 0. The summed E-state index contributed by atoms with van der Waals surface area (Å²) in [4.78, 5) is 9.16. The third kappa shape index (κ3) is 3.72. The highest BCUT2D eigenvalue weighted by Gasteiger charge is 2.27. The molecule has 0 aliphatic heterocycles. The summed E-state index contributed by atoms with van der Waals surface area (Å²) >= 11 is 0. The van der Waals surface area contributed by atoms with Crippen LogP contribution in [0.4, 0.5) is 11.6 Å². The molecule has 110 valence electrons. The van der Waals surface area contributed by atoms with Gasteiger partial charge in [0.25, 0.3) is 0 Å². The van der Waals surface area contributed by atoms with Crippen molar-refractivity contribution < 1.29 is 0 Å². The molecular formula is C17H22N4. The van der Waals surface area contributed by atoms with Gasteiger partial charge in [0.15, 0.2) is 0 Å². The van der Waals surface area contributed by atoms with Crippen molar-refractivity contribution in [3.8, 4) is 0 Å². The number of rotatable bonds is 6. The van der Waals surface area contributed by atoms with Crippen LogP contribution in [0.25, 0.3) is 0 Å². The summed E-state index contributed by atoms with van der Waals surface area (Å²) in [7, 11) is 1.90. The normalized spacial score (nSPS) is 14.0. The van der Waals surface area contributed by atoms with E-state index in [0.717, 1.165) is 30.4 Å². The van der Waals surface area contributed by atoms with Crippen molar-refractivity contribution in [2.75, 3.05) is 24.2 Å². The fourth-order valence-corrected chi connectivity index (χ4v) is 2.41. The largest absolute Gasteiger partial charge is 0.373 e. The molecule has 1 aromatic carbocycles. The maximum atomic E-state index is 4.63. The summed E-state index contributed by atoms with van der Waals surface area (Å²) in [6.07, 6.45) is 3.44. The lowest BCUT2D eigenvalue weighted by atomic mass is 10.1. The van der Waals surface area contributed by atoms with Gasteiger partial charge in [0.1, 0.15) is 17.5 Å². The van der Waals surface area contributed by atoms with Crippen molar-refractivity contribution in [1.29, 1.82) is 0 Å². The second-order valence-electron chi connectivity index (χ2n) is 5.69. The molecule has 0 atom stereocenters. The van der Waals surface area contributed by atoms with Crippen molar-refractivity contribution in [2.24, 2.45) is 0 Å². The Hall–Kier alpha value is -2.10. The second-order valence-corrected chi connectivity index (χ2v) is 5.69. The smallest absolute Gasteiger partial charge is 0.136 e. The number of benzene rings is 1. The maximum Gasteiger partial charge on any atom is 0.136 e. The Balaban J connectivity index is 1.63. The predicted molar refractivity (Wildman–Crippen MR) is 86.9 cm³/mol. The molecule has 0 saturated heterocycles. The number of nitrogens with one attached hydrogen (secondary N) is 2. The third-order valence-electron chi connectivity index (χ3n) is 3.74. The maximum absolute atomic E-state index is 4.63. The van der Waals surface area contributed by atoms with Crippen LogP contribution in [0, 0.1) is 6.92 Å². The molecule has 1 heterocycles. The van der Waals surface area contributed by atoms with E-state index in [-0.39, 0.29) is 0 Å². The number of aryl methyl sites for hydroxylation is 1. The van der Waals surface area contributed by atoms with Gasteiger partial charge < -0.3 is 10.6 Å². The molecule has 1 fully saturated rings. The van der Waals surface area contributed by atoms with E-state index in [2.05, 4.69) is 51.8 Å². The second kappa shape index (κ2) is 6.12. The van der Waals surface area contributed by atoms with E-state index in [4.69, 9.17) is 0 Å². The first-order valence-corrected chi connectivity index (χ1v) is 7.61. The van der Waals surface area contributed by atoms with E-state index in [1.165, 1.54) is 24.0 Å². The summed E-state index contributed by atoms with van der Waals surface area (Å²) in [5.41, 5.74) is 2.66. The van der Waals surface area contributed by atoms with Gasteiger partial charge in [-0.25, -0.2) is 9.97 Å². The zero-order chi connectivity index (χ0) is 14.7. The Labute approximate surface area is 126 Å². The number of hydrogen-bond donors (Lipinski definition) is 2. The van der Waals surface area contributed by atoms with Gasteiger partial charge in [0.05, 0.1) is 0 Å². The highest BCUT2D eigenvalue weighted by Crippen LogP contribution is 2.38. The first-order chi connectivity index (χ1) is 10.2. The average molecular weight is 282 g/mol. The molecule has 21 heavy (non-hydrogen) atoms. The monoisotopic (exact) mass is 282 g/mol. The molecule has 1 aliphatic rings. The zero-order valence-electron chi connectivity index (χ0n) is 12.7. The molecule has 0 amide bonds. The number of anilines is 2. The van der Waals surface area contributed by atoms with Crippen LogP contribution in [-0.2, 0) is 6.42 Å². The van der Waals surface area contributed by atoms with Crippen LogP contribution in [-0.4, -0.2) is 23.6 Å². The Morgan fingerprint density at radius 2 is 1.95 bits per heavy atom. The SMILES string of the molecule is CNc1cc(NCCc2cccc(C)c2)nc(C2CC2)n1. The third-order valence-corrected chi connectivity index (χ3v) is 3.74. The minimum absolute atomic E-state index is 0.565. The number of aromatic nitrogens is 2. The molecule has 4 nitrogen and oxygen atoms in total. The van der Waals surface area contributed by atoms with E-state index < -0.39 is 0 Å². The molecule has 1 aromatic heterocycles. The van der Waals surface area contributed by atoms with Gasteiger partial charge in [-0.05, 0) is 31.7 Å². The lowest BCUT2D eigenvalue weighted by Gasteiger charge is -2.10. The van der Waals surface area contributed by atoms with Crippen LogP contribution >= 0.6 is 0 Å². The molecule has 0 unspecified atom stereocenters. The van der Waals surface area contributed by atoms with Gasteiger partial charge in [0, 0.05) is 25.6 Å². The molecular weight excluding hydrogens is 260 g/mol. The van der Waals surface area contributed by atoms with Gasteiger partial charge in [-0.3, -0.25) is 0 Å². The van der Waals surface area contributed by atoms with Crippen LogP contribution in [0.3, 0.4) is 0 Å². The summed E-state index contributed by atoms with van der Waals surface area (Å²) in [5, 5.41) is 6.53. The lowest BCUT2D eigenvalue weighted by molar-refractivity contribution is 0.916. The Morgan fingerprint density at radius 1 is 1.14 bits per heavy atom. The van der Waals surface area contributed by atoms with Crippen molar-refractivity contribution in [2.45, 2.75) is 32.1 Å². The number of nitrogens with zero attached hydrogens (tertiary/aromatic N) is 2. The fourth-order valence-electron chi connectivity index (χ4n) is 2.41. The van der Waals surface area contributed by atoms with E-state index in [0.29, 0.717) is 5.92 Å². The molecule has 2 N–H and O–H groups in total. The zero-order valence-corrected chi connectivity index (χ0v) is 12.7. The molecule has 2 aromatic rings. The van der Waals surface area contributed by atoms with Gasteiger partial charge in [-0.2, -0.15) is 0 Å². The summed E-state index contributed by atoms with van der Waals surface area (Å²) in [5.74, 6) is 3.35. The highest BCUT2D eigenvalue weighted by atomic mass is 15.1. The average Bonchev–Trinajstić information content (AvgIpc) is 3.32. The van der Waals surface area contributed by atoms with Crippen molar-refractivity contribution in [3.05, 3.63) is 47.3 Å².